The standard InChI is InChI=1S/C18H22N2O4/c1-13(24-16-4-2-3-14(11-16)12-19)17(21)20-7-5-15(6-8-20)18-22-9-10-23-18/h2-4,11,13,15,18H,5-10H2,1H3. The average Bonchev–Trinajstić information content (AvgIpc) is 3.16. The van der Waals surface area contributed by atoms with Gasteiger partial charge >= 0.3 is 0 Å². The zero-order chi connectivity index (χ0) is 16.9. The number of piperidine rings is 1. The van der Waals surface area contributed by atoms with Crippen LogP contribution in [-0.2, 0) is 14.3 Å². The van der Waals surface area contributed by atoms with Crippen LogP contribution < -0.4 is 4.74 Å². The lowest BCUT2D eigenvalue weighted by molar-refractivity contribution is -0.143. The number of benzene rings is 1. The van der Waals surface area contributed by atoms with Crippen LogP contribution in [-0.4, -0.2) is 49.5 Å². The van der Waals surface area contributed by atoms with Gasteiger partial charge in [0.2, 0.25) is 0 Å². The third kappa shape index (κ3) is 3.86. The quantitative estimate of drug-likeness (QED) is 0.843. The summed E-state index contributed by atoms with van der Waals surface area (Å²) in [7, 11) is 0. The van der Waals surface area contributed by atoms with E-state index in [0.29, 0.717) is 43.5 Å². The number of nitriles is 1. The first-order valence-electron chi connectivity index (χ1n) is 8.36. The van der Waals surface area contributed by atoms with Crippen molar-refractivity contribution in [1.29, 1.82) is 5.26 Å². The highest BCUT2D eigenvalue weighted by Gasteiger charge is 2.33. The molecule has 2 saturated heterocycles. The molecular weight excluding hydrogens is 308 g/mol. The van der Waals surface area contributed by atoms with Gasteiger partial charge in [-0.25, -0.2) is 0 Å². The number of ether oxygens (including phenoxy) is 3. The van der Waals surface area contributed by atoms with Crippen LogP contribution >= 0.6 is 0 Å². The molecule has 2 fully saturated rings. The fourth-order valence-electron chi connectivity index (χ4n) is 3.19. The van der Waals surface area contributed by atoms with E-state index in [1.165, 1.54) is 0 Å². The summed E-state index contributed by atoms with van der Waals surface area (Å²) in [6.07, 6.45) is 1.08. The summed E-state index contributed by atoms with van der Waals surface area (Å²) in [4.78, 5) is 14.4. The first-order chi connectivity index (χ1) is 11.7. The molecule has 2 heterocycles. The Kier molecular flexibility index (Phi) is 5.34. The van der Waals surface area contributed by atoms with Crippen LogP contribution in [0.25, 0.3) is 0 Å². The molecule has 0 N–H and O–H groups in total. The van der Waals surface area contributed by atoms with Crippen molar-refractivity contribution in [2.24, 2.45) is 5.92 Å². The van der Waals surface area contributed by atoms with Crippen molar-refractivity contribution in [2.45, 2.75) is 32.2 Å². The molecule has 0 spiro atoms. The zero-order valence-electron chi connectivity index (χ0n) is 13.8. The van der Waals surface area contributed by atoms with Crippen LogP contribution in [0.15, 0.2) is 24.3 Å². The Morgan fingerprint density at radius 2 is 2.04 bits per heavy atom. The topological polar surface area (TPSA) is 71.8 Å². The molecule has 0 aromatic heterocycles. The Morgan fingerprint density at radius 3 is 2.71 bits per heavy atom. The van der Waals surface area contributed by atoms with Gasteiger partial charge in [0.1, 0.15) is 5.75 Å². The van der Waals surface area contributed by atoms with Gasteiger partial charge in [-0.05, 0) is 38.0 Å². The van der Waals surface area contributed by atoms with Gasteiger partial charge in [0.25, 0.3) is 5.91 Å². The van der Waals surface area contributed by atoms with Crippen LogP contribution in [0.2, 0.25) is 0 Å². The highest BCUT2D eigenvalue weighted by atomic mass is 16.7. The number of likely N-dealkylation sites (tertiary alicyclic amines) is 1. The first-order valence-corrected chi connectivity index (χ1v) is 8.36. The monoisotopic (exact) mass is 330 g/mol. The number of amides is 1. The van der Waals surface area contributed by atoms with Crippen LogP contribution in [0, 0.1) is 17.2 Å². The third-order valence-electron chi connectivity index (χ3n) is 4.51. The highest BCUT2D eigenvalue weighted by Crippen LogP contribution is 2.26. The summed E-state index contributed by atoms with van der Waals surface area (Å²) in [6, 6.07) is 8.92. The van der Waals surface area contributed by atoms with Crippen molar-refractivity contribution >= 4 is 5.91 Å². The fraction of sp³-hybridized carbons (Fsp3) is 0.556. The Bertz CT molecular complexity index is 614. The second-order valence-corrected chi connectivity index (χ2v) is 6.17. The Labute approximate surface area is 141 Å². The molecule has 0 aliphatic carbocycles. The molecule has 1 unspecified atom stereocenters. The lowest BCUT2D eigenvalue weighted by Gasteiger charge is -2.35. The predicted molar refractivity (Wildman–Crippen MR) is 86.2 cm³/mol. The average molecular weight is 330 g/mol. The number of hydrogen-bond acceptors (Lipinski definition) is 5. The lowest BCUT2D eigenvalue weighted by atomic mass is 9.96. The van der Waals surface area contributed by atoms with Crippen LogP contribution in [0.5, 0.6) is 5.75 Å². The van der Waals surface area contributed by atoms with Gasteiger partial charge < -0.3 is 19.1 Å². The van der Waals surface area contributed by atoms with Gasteiger partial charge in [0.05, 0.1) is 24.8 Å². The van der Waals surface area contributed by atoms with Gasteiger partial charge in [-0.2, -0.15) is 5.26 Å². The molecule has 3 rings (SSSR count). The summed E-state index contributed by atoms with van der Waals surface area (Å²) in [5, 5.41) is 8.92. The molecule has 0 bridgehead atoms. The number of carbonyl (C=O) groups is 1. The van der Waals surface area contributed by atoms with E-state index < -0.39 is 6.10 Å². The molecule has 1 aromatic rings. The molecule has 1 aromatic carbocycles. The smallest absolute Gasteiger partial charge is 0.263 e. The SMILES string of the molecule is CC(Oc1cccc(C#N)c1)C(=O)N1CCC(C2OCCO2)CC1. The minimum Gasteiger partial charge on any atom is -0.481 e. The lowest BCUT2D eigenvalue weighted by Crippen LogP contribution is -2.46. The molecule has 0 radical (unpaired) electrons. The summed E-state index contributed by atoms with van der Waals surface area (Å²) in [5.41, 5.74) is 0.518. The Hall–Kier alpha value is -2.10. The van der Waals surface area contributed by atoms with E-state index >= 15 is 0 Å². The first kappa shape index (κ1) is 16.7. The normalized spacial score (nSPS) is 20.6. The van der Waals surface area contributed by atoms with Gasteiger partial charge in [-0.1, -0.05) is 6.07 Å². The molecule has 2 aliphatic heterocycles. The van der Waals surface area contributed by atoms with Crippen LogP contribution in [0.1, 0.15) is 25.3 Å². The minimum atomic E-state index is -0.575. The second-order valence-electron chi connectivity index (χ2n) is 6.17. The largest absolute Gasteiger partial charge is 0.481 e. The molecule has 2 aliphatic rings. The van der Waals surface area contributed by atoms with Crippen molar-refractivity contribution in [2.75, 3.05) is 26.3 Å². The maximum Gasteiger partial charge on any atom is 0.263 e. The second kappa shape index (κ2) is 7.65. The van der Waals surface area contributed by atoms with Gasteiger partial charge in [-0.15, -0.1) is 0 Å². The third-order valence-corrected chi connectivity index (χ3v) is 4.51. The maximum atomic E-state index is 12.6. The van der Waals surface area contributed by atoms with E-state index in [-0.39, 0.29) is 12.2 Å². The van der Waals surface area contributed by atoms with E-state index in [2.05, 4.69) is 6.07 Å². The number of rotatable bonds is 4. The summed E-state index contributed by atoms with van der Waals surface area (Å²) < 4.78 is 16.8. The van der Waals surface area contributed by atoms with Crippen LogP contribution in [0.4, 0.5) is 0 Å². The zero-order valence-corrected chi connectivity index (χ0v) is 13.8. The van der Waals surface area contributed by atoms with Crippen molar-refractivity contribution < 1.29 is 19.0 Å². The van der Waals surface area contributed by atoms with Crippen LogP contribution in [0.3, 0.4) is 0 Å². The molecule has 128 valence electrons. The Balaban J connectivity index is 1.51. The molecule has 6 nitrogen and oxygen atoms in total. The molecule has 1 amide bonds. The molecule has 0 saturated carbocycles. The highest BCUT2D eigenvalue weighted by molar-refractivity contribution is 5.81. The van der Waals surface area contributed by atoms with Crippen molar-refractivity contribution in [3.8, 4) is 11.8 Å². The van der Waals surface area contributed by atoms with E-state index in [4.69, 9.17) is 19.5 Å². The van der Waals surface area contributed by atoms with E-state index in [1.54, 1.807) is 31.2 Å². The van der Waals surface area contributed by atoms with E-state index in [9.17, 15) is 4.79 Å². The molecule has 24 heavy (non-hydrogen) atoms. The van der Waals surface area contributed by atoms with Crippen molar-refractivity contribution in [1.82, 2.24) is 4.90 Å². The fourth-order valence-corrected chi connectivity index (χ4v) is 3.19. The van der Waals surface area contributed by atoms with Gasteiger partial charge in [0.15, 0.2) is 12.4 Å². The molecular formula is C18H22N2O4. The van der Waals surface area contributed by atoms with Crippen molar-refractivity contribution in [3.05, 3.63) is 29.8 Å². The number of nitrogens with zero attached hydrogens (tertiary/aromatic N) is 2. The summed E-state index contributed by atoms with van der Waals surface area (Å²) in [5.74, 6) is 0.877. The number of hydrogen-bond donors (Lipinski definition) is 0. The van der Waals surface area contributed by atoms with Gasteiger partial charge in [0, 0.05) is 19.0 Å². The summed E-state index contributed by atoms with van der Waals surface area (Å²) >= 11 is 0. The molecule has 6 heteroatoms. The summed E-state index contributed by atoms with van der Waals surface area (Å²) in [6.45, 7) is 4.46. The maximum absolute atomic E-state index is 12.6. The van der Waals surface area contributed by atoms with Crippen molar-refractivity contribution in [3.63, 3.8) is 0 Å². The molecule has 1 atom stereocenters. The number of carbonyl (C=O) groups excluding carboxylic acids is 1. The van der Waals surface area contributed by atoms with Gasteiger partial charge in [-0.3, -0.25) is 4.79 Å². The minimum absolute atomic E-state index is 0.0240. The van der Waals surface area contributed by atoms with E-state index in [1.807, 2.05) is 4.90 Å². The Morgan fingerprint density at radius 1 is 1.33 bits per heavy atom. The predicted octanol–water partition coefficient (Wildman–Crippen LogP) is 1.94. The van der Waals surface area contributed by atoms with E-state index in [0.717, 1.165) is 12.8 Å².